The quantitative estimate of drug-likeness (QED) is 0.502. The number of rotatable bonds is 3. The van der Waals surface area contributed by atoms with E-state index in [0.29, 0.717) is 12.0 Å². The van der Waals surface area contributed by atoms with Crippen LogP contribution < -0.4 is 0 Å². The Balaban J connectivity index is 3.70. The summed E-state index contributed by atoms with van der Waals surface area (Å²) in [5, 5.41) is 7.48. The lowest BCUT2D eigenvalue weighted by atomic mass is 10.5. The summed E-state index contributed by atoms with van der Waals surface area (Å²) < 4.78 is 31.5. The van der Waals surface area contributed by atoms with E-state index in [9.17, 15) is 8.42 Å². The Labute approximate surface area is 63.1 Å². The fraction of sp³-hybridized carbons (Fsp3) is 0.667. The number of hydrogen-bond donors (Lipinski definition) is 1. The van der Waals surface area contributed by atoms with Crippen LogP contribution in [-0.4, -0.2) is 18.2 Å². The molecular formula is C3H5NO4S2. The normalized spacial score (nSPS) is 14.1. The highest BCUT2D eigenvalue weighted by Crippen LogP contribution is 2.12. The van der Waals surface area contributed by atoms with E-state index in [0.717, 1.165) is 0 Å². The van der Waals surface area contributed by atoms with Crippen LogP contribution in [0.4, 0.5) is 0 Å². The maximum atomic E-state index is 9.85. The summed E-state index contributed by atoms with van der Waals surface area (Å²) in [5.41, 5.74) is 0. The highest BCUT2D eigenvalue weighted by molar-refractivity contribution is 8.03. The van der Waals surface area contributed by atoms with E-state index < -0.39 is 15.6 Å². The van der Waals surface area contributed by atoms with Crippen LogP contribution in [0.5, 0.6) is 0 Å². The van der Waals surface area contributed by atoms with Crippen LogP contribution in [0, 0.1) is 11.3 Å². The zero-order chi connectivity index (χ0) is 8.20. The molecule has 0 fully saturated rings. The van der Waals surface area contributed by atoms with Gasteiger partial charge >= 0.3 is 10.4 Å². The first-order valence-electron chi connectivity index (χ1n) is 2.17. The van der Waals surface area contributed by atoms with Gasteiger partial charge in [0, 0.05) is 12.0 Å². The first-order chi connectivity index (χ1) is 4.45. The SMILES string of the molecule is CC(C#N)SOS(=O)(=O)O. The summed E-state index contributed by atoms with van der Waals surface area (Å²) in [6.07, 6.45) is 0. The van der Waals surface area contributed by atoms with Crippen LogP contribution in [0.1, 0.15) is 6.92 Å². The largest absolute Gasteiger partial charge is 0.408 e. The van der Waals surface area contributed by atoms with Crippen LogP contribution in [-0.2, 0) is 14.0 Å². The van der Waals surface area contributed by atoms with Gasteiger partial charge in [0.1, 0.15) is 5.25 Å². The molecule has 0 aromatic heterocycles. The average Bonchev–Trinajstić information content (AvgIpc) is 1.81. The standard InChI is InChI=1S/C3H5NO4S2/c1-3(2-4)9-8-10(5,6)7/h3H,1H3,(H,5,6,7). The zero-order valence-electron chi connectivity index (χ0n) is 5.01. The fourth-order valence-electron chi connectivity index (χ4n) is 0.130. The van der Waals surface area contributed by atoms with Crippen LogP contribution in [0.25, 0.3) is 0 Å². The minimum atomic E-state index is -4.42. The van der Waals surface area contributed by atoms with Crippen LogP contribution in [0.3, 0.4) is 0 Å². The third-order valence-corrected chi connectivity index (χ3v) is 1.85. The molecule has 0 aromatic carbocycles. The van der Waals surface area contributed by atoms with Crippen molar-refractivity contribution in [3.05, 3.63) is 0 Å². The van der Waals surface area contributed by atoms with Gasteiger partial charge in [-0.05, 0) is 6.92 Å². The molecule has 1 unspecified atom stereocenters. The Bertz CT molecular complexity index is 227. The van der Waals surface area contributed by atoms with E-state index in [-0.39, 0.29) is 0 Å². The molecule has 0 aliphatic carbocycles. The summed E-state index contributed by atoms with van der Waals surface area (Å²) in [6, 6.07) is 1.70. The number of nitrogens with zero attached hydrogens (tertiary/aromatic N) is 1. The molecule has 0 radical (unpaired) electrons. The van der Waals surface area contributed by atoms with Gasteiger partial charge in [-0.1, -0.05) is 0 Å². The van der Waals surface area contributed by atoms with Crippen molar-refractivity contribution in [3.8, 4) is 6.07 Å². The Morgan fingerprint density at radius 3 is 2.60 bits per heavy atom. The van der Waals surface area contributed by atoms with Crippen LogP contribution in [0.2, 0.25) is 0 Å². The average molecular weight is 183 g/mol. The van der Waals surface area contributed by atoms with Crippen molar-refractivity contribution in [3.63, 3.8) is 0 Å². The molecule has 1 N–H and O–H groups in total. The predicted molar refractivity (Wildman–Crippen MR) is 35.3 cm³/mol. The van der Waals surface area contributed by atoms with Gasteiger partial charge in [-0.3, -0.25) is 4.55 Å². The second kappa shape index (κ2) is 3.78. The Kier molecular flexibility index (Phi) is 3.67. The van der Waals surface area contributed by atoms with E-state index in [1.807, 2.05) is 0 Å². The summed E-state index contributed by atoms with van der Waals surface area (Å²) >= 11 is 0.384. The van der Waals surface area contributed by atoms with Crippen molar-refractivity contribution >= 4 is 22.4 Å². The molecule has 0 amide bonds. The summed E-state index contributed by atoms with van der Waals surface area (Å²) in [6.45, 7) is 1.44. The zero-order valence-corrected chi connectivity index (χ0v) is 6.65. The molecule has 0 rings (SSSR count). The maximum absolute atomic E-state index is 9.85. The lowest BCUT2D eigenvalue weighted by molar-refractivity contribution is 0.407. The van der Waals surface area contributed by atoms with Crippen molar-refractivity contribution in [2.24, 2.45) is 0 Å². The second-order valence-corrected chi connectivity index (χ2v) is 3.66. The van der Waals surface area contributed by atoms with Crippen LogP contribution in [0.15, 0.2) is 0 Å². The molecule has 10 heavy (non-hydrogen) atoms. The molecule has 7 heteroatoms. The van der Waals surface area contributed by atoms with E-state index >= 15 is 0 Å². The predicted octanol–water partition coefficient (Wildman–Crippen LogP) is 0.366. The molecular weight excluding hydrogens is 178 g/mol. The molecule has 1 atom stereocenters. The van der Waals surface area contributed by atoms with Crippen molar-refractivity contribution in [1.82, 2.24) is 0 Å². The lowest BCUT2D eigenvalue weighted by Crippen LogP contribution is -2.00. The Morgan fingerprint density at radius 2 is 2.30 bits per heavy atom. The molecule has 0 aliphatic heterocycles. The minimum Gasteiger partial charge on any atom is -0.263 e. The first-order valence-corrected chi connectivity index (χ1v) is 4.34. The van der Waals surface area contributed by atoms with Gasteiger partial charge in [-0.25, -0.2) is 0 Å². The van der Waals surface area contributed by atoms with Gasteiger partial charge in [0.2, 0.25) is 0 Å². The second-order valence-electron chi connectivity index (χ2n) is 1.36. The Hall–Kier alpha value is -0.290. The van der Waals surface area contributed by atoms with E-state index in [2.05, 4.69) is 3.63 Å². The number of hydrogen-bond acceptors (Lipinski definition) is 5. The first kappa shape index (κ1) is 9.71. The molecule has 0 heterocycles. The molecule has 0 aliphatic rings. The van der Waals surface area contributed by atoms with Crippen molar-refractivity contribution < 1.29 is 16.6 Å². The highest BCUT2D eigenvalue weighted by Gasteiger charge is 2.08. The van der Waals surface area contributed by atoms with Crippen molar-refractivity contribution in [2.45, 2.75) is 12.2 Å². The topological polar surface area (TPSA) is 87.4 Å². The van der Waals surface area contributed by atoms with Gasteiger partial charge in [0.25, 0.3) is 0 Å². The molecule has 0 aromatic rings. The monoisotopic (exact) mass is 183 g/mol. The van der Waals surface area contributed by atoms with Gasteiger partial charge < -0.3 is 0 Å². The van der Waals surface area contributed by atoms with Crippen molar-refractivity contribution in [2.75, 3.05) is 0 Å². The van der Waals surface area contributed by atoms with E-state index in [1.165, 1.54) is 6.92 Å². The molecule has 5 nitrogen and oxygen atoms in total. The maximum Gasteiger partial charge on any atom is 0.408 e. The molecule has 0 saturated heterocycles. The molecule has 0 bridgehead atoms. The van der Waals surface area contributed by atoms with Crippen LogP contribution >= 0.6 is 12.0 Å². The summed E-state index contributed by atoms with van der Waals surface area (Å²) in [7, 11) is -4.42. The van der Waals surface area contributed by atoms with Gasteiger partial charge in [0.15, 0.2) is 0 Å². The third kappa shape index (κ3) is 5.84. The molecule has 0 saturated carbocycles. The summed E-state index contributed by atoms with van der Waals surface area (Å²) in [5.74, 6) is 0. The number of nitriles is 1. The smallest absolute Gasteiger partial charge is 0.263 e. The van der Waals surface area contributed by atoms with Gasteiger partial charge in [0.05, 0.1) is 6.07 Å². The van der Waals surface area contributed by atoms with E-state index in [1.54, 1.807) is 6.07 Å². The Morgan fingerprint density at radius 1 is 1.80 bits per heavy atom. The summed E-state index contributed by atoms with van der Waals surface area (Å²) in [4.78, 5) is 0. The van der Waals surface area contributed by atoms with Gasteiger partial charge in [-0.15, -0.1) is 0 Å². The molecule has 0 spiro atoms. The van der Waals surface area contributed by atoms with Crippen molar-refractivity contribution in [1.29, 1.82) is 5.26 Å². The van der Waals surface area contributed by atoms with E-state index in [4.69, 9.17) is 9.81 Å². The molecule has 58 valence electrons. The van der Waals surface area contributed by atoms with Gasteiger partial charge in [-0.2, -0.15) is 17.3 Å². The highest BCUT2D eigenvalue weighted by atomic mass is 32.3. The lowest BCUT2D eigenvalue weighted by Gasteiger charge is -1.96. The fourth-order valence-corrected chi connectivity index (χ4v) is 1.04. The third-order valence-electron chi connectivity index (χ3n) is 0.451. The minimum absolute atomic E-state index is 0.384.